The van der Waals surface area contributed by atoms with E-state index in [0.717, 1.165) is 17.3 Å². The molecule has 0 bridgehead atoms. The zero-order valence-electron chi connectivity index (χ0n) is 6.05. The first kappa shape index (κ1) is 10.1. The van der Waals surface area contributed by atoms with E-state index in [1.807, 2.05) is 0 Å². The molecule has 57 valence electrons. The molecule has 1 radical (unpaired) electrons. The average Bonchev–Trinajstić information content (AvgIpc) is 1.87. The van der Waals surface area contributed by atoms with Gasteiger partial charge in [-0.1, -0.05) is 0 Å². The topological polar surface area (TPSA) is 43.4 Å². The minimum absolute atomic E-state index is 0.234. The Labute approximate surface area is 70.7 Å². The van der Waals surface area contributed by atoms with E-state index in [1.165, 1.54) is 6.92 Å². The fraction of sp³-hybridized carbons (Fsp3) is 0.833. The molecule has 0 aromatic carbocycles. The molecule has 0 aliphatic heterocycles. The van der Waals surface area contributed by atoms with Crippen LogP contribution in [0.2, 0.25) is 4.44 Å². The van der Waals surface area contributed by atoms with Gasteiger partial charge in [0, 0.05) is 0 Å². The Kier molecular flexibility index (Phi) is 7.23. The summed E-state index contributed by atoms with van der Waals surface area (Å²) in [6.45, 7) is 1.87. The van der Waals surface area contributed by atoms with Gasteiger partial charge in [-0.05, 0) is 0 Å². The van der Waals surface area contributed by atoms with E-state index in [2.05, 4.69) is 4.74 Å². The molecular weight excluding hydrogens is 239 g/mol. The molecule has 0 rings (SSSR count). The van der Waals surface area contributed by atoms with Crippen molar-refractivity contribution < 1.29 is 12.6 Å². The normalized spacial score (nSPS) is 8.90. The molecule has 0 N–H and O–H groups in total. The van der Waals surface area contributed by atoms with E-state index in [9.17, 15) is 7.87 Å². The number of hydrogen-bond acceptors (Lipinski definition) is 3. The van der Waals surface area contributed by atoms with Gasteiger partial charge in [0.15, 0.2) is 0 Å². The second kappa shape index (κ2) is 7.18. The third-order valence-electron chi connectivity index (χ3n) is 0.979. The van der Waals surface area contributed by atoms with E-state index in [4.69, 9.17) is 0 Å². The molecule has 0 fully saturated rings. The second-order valence-corrected chi connectivity index (χ2v) is 4.19. The molecule has 0 aliphatic rings. The molecule has 0 amide bonds. The van der Waals surface area contributed by atoms with Crippen molar-refractivity contribution in [3.05, 3.63) is 0 Å². The molecule has 0 saturated carbocycles. The molecule has 0 spiro atoms. The van der Waals surface area contributed by atoms with Crippen LogP contribution < -0.4 is 0 Å². The van der Waals surface area contributed by atoms with Crippen molar-refractivity contribution in [1.82, 2.24) is 0 Å². The third-order valence-corrected chi connectivity index (χ3v) is 2.57. The molecule has 4 heteroatoms. The maximum atomic E-state index is 10.2. The van der Waals surface area contributed by atoms with E-state index >= 15 is 0 Å². The van der Waals surface area contributed by atoms with Crippen molar-refractivity contribution in [3.8, 4) is 0 Å². The minimum atomic E-state index is -1.25. The summed E-state index contributed by atoms with van der Waals surface area (Å²) in [4.78, 5) is 10.2. The summed E-state index contributed by atoms with van der Waals surface area (Å²) in [6.07, 6.45) is 1.78. The summed E-state index contributed by atoms with van der Waals surface area (Å²) in [7, 11) is 0. The fourth-order valence-electron chi connectivity index (χ4n) is 0.515. The van der Waals surface area contributed by atoms with Gasteiger partial charge in [-0.2, -0.15) is 0 Å². The van der Waals surface area contributed by atoms with Gasteiger partial charge in [-0.3, -0.25) is 0 Å². The average molecular weight is 250 g/mol. The Balaban J connectivity index is 2.90. The Bertz CT molecular complexity index is 114. The number of unbranched alkanes of at least 4 members (excludes halogenated alkanes) is 1. The molecule has 0 saturated heterocycles. The Morgan fingerprint density at radius 1 is 1.50 bits per heavy atom. The Morgan fingerprint density at radius 2 is 2.20 bits per heavy atom. The van der Waals surface area contributed by atoms with Gasteiger partial charge in [0.25, 0.3) is 0 Å². The quantitative estimate of drug-likeness (QED) is 0.411. The molecule has 0 aliphatic carbocycles. The van der Waals surface area contributed by atoms with Crippen LogP contribution in [-0.4, -0.2) is 33.7 Å². The Morgan fingerprint density at radius 3 is 2.70 bits per heavy atom. The maximum absolute atomic E-state index is 10.2. The van der Waals surface area contributed by atoms with Crippen LogP contribution in [0.3, 0.4) is 0 Å². The molecule has 0 aromatic heterocycles. The van der Waals surface area contributed by atoms with E-state index in [1.54, 1.807) is 0 Å². The van der Waals surface area contributed by atoms with Crippen LogP contribution >= 0.6 is 0 Å². The van der Waals surface area contributed by atoms with Crippen LogP contribution in [0.4, 0.5) is 0 Å². The van der Waals surface area contributed by atoms with Crippen LogP contribution in [0, 0.1) is 0 Å². The van der Waals surface area contributed by atoms with Gasteiger partial charge in [-0.25, -0.2) is 0 Å². The number of hydrogen-bond donors (Lipinski definition) is 0. The van der Waals surface area contributed by atoms with Gasteiger partial charge in [0.1, 0.15) is 0 Å². The number of carbonyl (C=O) groups excluding carboxylic acids is 1. The molecule has 3 nitrogen and oxygen atoms in total. The standard InChI is InChI=1S/C6H11O2.O.Sn/c1-3-4-5-8-6(2)7;;/h1,3-5H2,2H3;;. The van der Waals surface area contributed by atoms with Crippen molar-refractivity contribution in [1.29, 1.82) is 0 Å². The van der Waals surface area contributed by atoms with Crippen molar-refractivity contribution >= 4 is 27.1 Å². The van der Waals surface area contributed by atoms with Crippen LogP contribution in [0.15, 0.2) is 0 Å². The van der Waals surface area contributed by atoms with Gasteiger partial charge in [0.05, 0.1) is 0 Å². The predicted molar refractivity (Wildman–Crippen MR) is 37.1 cm³/mol. The van der Waals surface area contributed by atoms with Gasteiger partial charge in [-0.15, -0.1) is 0 Å². The summed E-state index contributed by atoms with van der Waals surface area (Å²) in [5, 5.41) is 0. The molecule has 0 heterocycles. The molecule has 0 aromatic rings. The fourth-order valence-corrected chi connectivity index (χ4v) is 1.64. The summed E-state index contributed by atoms with van der Waals surface area (Å²) in [6, 6.07) is 0. The van der Waals surface area contributed by atoms with Crippen LogP contribution in [-0.2, 0) is 12.6 Å². The van der Waals surface area contributed by atoms with Gasteiger partial charge < -0.3 is 0 Å². The van der Waals surface area contributed by atoms with Gasteiger partial charge >= 0.3 is 70.5 Å². The number of carbonyl (C=O) groups is 1. The number of ether oxygens (including phenoxy) is 1. The second-order valence-electron chi connectivity index (χ2n) is 1.94. The number of esters is 1. The predicted octanol–water partition coefficient (Wildman–Crippen LogP) is 0.798. The first-order chi connectivity index (χ1) is 4.77. The Hall–Kier alpha value is 0.0687. The molecule has 0 unspecified atom stereocenters. The van der Waals surface area contributed by atoms with Crippen LogP contribution in [0.5, 0.6) is 0 Å². The van der Waals surface area contributed by atoms with Crippen molar-refractivity contribution in [3.63, 3.8) is 0 Å². The third kappa shape index (κ3) is 8.07. The van der Waals surface area contributed by atoms with Crippen molar-refractivity contribution in [2.45, 2.75) is 24.2 Å². The van der Waals surface area contributed by atoms with Crippen LogP contribution in [0.1, 0.15) is 19.8 Å². The van der Waals surface area contributed by atoms with E-state index in [-0.39, 0.29) is 5.97 Å². The molecule has 10 heavy (non-hydrogen) atoms. The number of rotatable bonds is 5. The van der Waals surface area contributed by atoms with E-state index in [0.29, 0.717) is 6.61 Å². The molecule has 0 atom stereocenters. The van der Waals surface area contributed by atoms with Gasteiger partial charge in [0.2, 0.25) is 0 Å². The monoisotopic (exact) mass is 251 g/mol. The first-order valence-corrected chi connectivity index (χ1v) is 6.44. The summed E-state index contributed by atoms with van der Waals surface area (Å²) >= 11 is -1.25. The summed E-state index contributed by atoms with van der Waals surface area (Å²) in [5.41, 5.74) is 0. The van der Waals surface area contributed by atoms with Crippen molar-refractivity contribution in [2.24, 2.45) is 0 Å². The molecular formula is C6H11O3Sn. The van der Waals surface area contributed by atoms with Crippen LogP contribution in [0.25, 0.3) is 0 Å². The van der Waals surface area contributed by atoms with E-state index < -0.39 is 21.1 Å². The first-order valence-electron chi connectivity index (χ1n) is 3.25. The van der Waals surface area contributed by atoms with Crippen molar-refractivity contribution in [2.75, 3.05) is 6.61 Å². The summed E-state index contributed by atoms with van der Waals surface area (Å²) < 4.78 is 15.6. The summed E-state index contributed by atoms with van der Waals surface area (Å²) in [5.74, 6) is -0.234. The zero-order chi connectivity index (χ0) is 7.82. The SMILES string of the molecule is CC(=O)OCCC[CH2][Sn]=[O]. The zero-order valence-corrected chi connectivity index (χ0v) is 8.91.